The number of carbonyl (C=O) groups is 1. The van der Waals surface area contributed by atoms with Gasteiger partial charge in [0.2, 0.25) is 0 Å². The van der Waals surface area contributed by atoms with E-state index < -0.39 is 11.9 Å². The molecule has 0 saturated carbocycles. The van der Waals surface area contributed by atoms with Crippen molar-refractivity contribution in [3.05, 3.63) is 59.8 Å². The van der Waals surface area contributed by atoms with Gasteiger partial charge < -0.3 is 14.0 Å². The number of ether oxygens (including phenoxy) is 2. The van der Waals surface area contributed by atoms with Crippen molar-refractivity contribution in [1.82, 2.24) is 14.5 Å². The van der Waals surface area contributed by atoms with Crippen molar-refractivity contribution in [2.45, 2.75) is 27.0 Å². The predicted octanol–water partition coefficient (Wildman–Crippen LogP) is 5.38. The maximum atomic E-state index is 13.5. The van der Waals surface area contributed by atoms with Crippen molar-refractivity contribution in [2.75, 3.05) is 12.4 Å². The van der Waals surface area contributed by atoms with Crippen LogP contribution in [0.2, 0.25) is 0 Å². The van der Waals surface area contributed by atoms with Gasteiger partial charge >= 0.3 is 6.09 Å². The number of hydrogen-bond acceptors (Lipinski definition) is 6. The average Bonchev–Trinajstić information content (AvgIpc) is 3.34. The fourth-order valence-corrected chi connectivity index (χ4v) is 4.18. The third-order valence-electron chi connectivity index (χ3n) is 4.80. The van der Waals surface area contributed by atoms with Gasteiger partial charge in [-0.2, -0.15) is 0 Å². The predicted molar refractivity (Wildman–Crippen MR) is 118 cm³/mol. The zero-order valence-corrected chi connectivity index (χ0v) is 18.1. The SMILES string of the molecule is CCn1cnc2cc(COC(=O)Nc3sc(-c4ccc(F)cc4OC)nc3C)ccc21. The summed E-state index contributed by atoms with van der Waals surface area (Å²) in [6.45, 7) is 4.80. The molecule has 0 bridgehead atoms. The normalized spacial score (nSPS) is 11.0. The largest absolute Gasteiger partial charge is 0.496 e. The Hall–Kier alpha value is -3.46. The molecule has 0 aliphatic rings. The van der Waals surface area contributed by atoms with Gasteiger partial charge in [0.05, 0.1) is 35.7 Å². The molecule has 4 aromatic rings. The molecule has 0 saturated heterocycles. The van der Waals surface area contributed by atoms with E-state index in [1.165, 1.54) is 30.6 Å². The topological polar surface area (TPSA) is 78.3 Å². The van der Waals surface area contributed by atoms with Crippen molar-refractivity contribution >= 4 is 33.5 Å². The summed E-state index contributed by atoms with van der Waals surface area (Å²) in [6.07, 6.45) is 1.21. The molecule has 31 heavy (non-hydrogen) atoms. The maximum absolute atomic E-state index is 13.5. The Kier molecular flexibility index (Phi) is 5.85. The molecule has 0 radical (unpaired) electrons. The van der Waals surface area contributed by atoms with Gasteiger partial charge in [-0.3, -0.25) is 5.32 Å². The summed E-state index contributed by atoms with van der Waals surface area (Å²) in [4.78, 5) is 21.2. The third kappa shape index (κ3) is 4.36. The lowest BCUT2D eigenvalue weighted by Gasteiger charge is -2.07. The van der Waals surface area contributed by atoms with E-state index in [-0.39, 0.29) is 6.61 Å². The van der Waals surface area contributed by atoms with E-state index in [0.717, 1.165) is 23.1 Å². The number of nitrogens with one attached hydrogen (secondary N) is 1. The second-order valence-corrected chi connectivity index (χ2v) is 7.83. The molecule has 0 unspecified atom stereocenters. The first-order chi connectivity index (χ1) is 15.0. The van der Waals surface area contributed by atoms with Crippen LogP contribution in [0, 0.1) is 12.7 Å². The number of aryl methyl sites for hydroxylation is 2. The molecule has 2 aromatic carbocycles. The summed E-state index contributed by atoms with van der Waals surface area (Å²) in [5.41, 5.74) is 4.04. The molecule has 1 amide bonds. The van der Waals surface area contributed by atoms with Gasteiger partial charge in [-0.1, -0.05) is 17.4 Å². The Morgan fingerprint density at radius 2 is 2.10 bits per heavy atom. The van der Waals surface area contributed by atoms with Gasteiger partial charge in [-0.05, 0) is 43.7 Å². The van der Waals surface area contributed by atoms with Gasteiger partial charge in [-0.25, -0.2) is 19.2 Å². The number of carbonyl (C=O) groups excluding carboxylic acids is 1. The second-order valence-electron chi connectivity index (χ2n) is 6.83. The molecule has 9 heteroatoms. The molecule has 4 rings (SSSR count). The van der Waals surface area contributed by atoms with Crippen LogP contribution in [-0.4, -0.2) is 27.7 Å². The van der Waals surface area contributed by atoms with Crippen LogP contribution in [0.5, 0.6) is 5.75 Å². The van der Waals surface area contributed by atoms with E-state index in [2.05, 4.69) is 22.2 Å². The first kappa shape index (κ1) is 20.8. The van der Waals surface area contributed by atoms with E-state index in [1.54, 1.807) is 19.3 Å². The lowest BCUT2D eigenvalue weighted by atomic mass is 10.2. The number of rotatable bonds is 6. The van der Waals surface area contributed by atoms with Crippen LogP contribution in [0.3, 0.4) is 0 Å². The number of amides is 1. The van der Waals surface area contributed by atoms with Crippen LogP contribution in [0.25, 0.3) is 21.6 Å². The molecule has 0 aliphatic heterocycles. The second kappa shape index (κ2) is 8.73. The van der Waals surface area contributed by atoms with Crippen LogP contribution in [0.1, 0.15) is 18.2 Å². The Labute approximate surface area is 182 Å². The van der Waals surface area contributed by atoms with Crippen LogP contribution in [0.4, 0.5) is 14.2 Å². The number of hydrogen-bond donors (Lipinski definition) is 1. The zero-order chi connectivity index (χ0) is 22.0. The maximum Gasteiger partial charge on any atom is 0.412 e. The number of imidazole rings is 1. The average molecular weight is 441 g/mol. The van der Waals surface area contributed by atoms with Crippen molar-refractivity contribution < 1.29 is 18.7 Å². The summed E-state index contributed by atoms with van der Waals surface area (Å²) < 4.78 is 26.1. The third-order valence-corrected chi connectivity index (χ3v) is 5.91. The Morgan fingerprint density at radius 1 is 1.26 bits per heavy atom. The molecule has 1 N–H and O–H groups in total. The van der Waals surface area contributed by atoms with Crippen LogP contribution < -0.4 is 10.1 Å². The minimum Gasteiger partial charge on any atom is -0.496 e. The smallest absolute Gasteiger partial charge is 0.412 e. The van der Waals surface area contributed by atoms with Crippen LogP contribution in [0.15, 0.2) is 42.7 Å². The molecule has 160 valence electrons. The van der Waals surface area contributed by atoms with Gasteiger partial charge in [0.25, 0.3) is 0 Å². The first-order valence-corrected chi connectivity index (χ1v) is 10.5. The number of thiazole rings is 1. The molecular formula is C22H21FN4O3S. The summed E-state index contributed by atoms with van der Waals surface area (Å²) in [6, 6.07) is 10.0. The van der Waals surface area contributed by atoms with Crippen molar-refractivity contribution in [1.29, 1.82) is 0 Å². The molecule has 0 fully saturated rings. The molecule has 7 nitrogen and oxygen atoms in total. The zero-order valence-electron chi connectivity index (χ0n) is 17.3. The highest BCUT2D eigenvalue weighted by molar-refractivity contribution is 7.19. The van der Waals surface area contributed by atoms with Crippen molar-refractivity contribution in [2.24, 2.45) is 0 Å². The standard InChI is InChI=1S/C22H21FN4O3S/c1-4-27-12-24-17-9-14(5-8-18(17)27)11-30-22(28)26-20-13(2)25-21(31-20)16-7-6-15(23)10-19(16)29-3/h5-10,12H,4,11H2,1-3H3,(H,26,28). The number of anilines is 1. The summed E-state index contributed by atoms with van der Waals surface area (Å²) in [5.74, 6) is -0.0146. The first-order valence-electron chi connectivity index (χ1n) is 9.67. The summed E-state index contributed by atoms with van der Waals surface area (Å²) in [7, 11) is 1.47. The van der Waals surface area contributed by atoms with Crippen LogP contribution >= 0.6 is 11.3 Å². The lowest BCUT2D eigenvalue weighted by Crippen LogP contribution is -2.13. The van der Waals surface area contributed by atoms with Gasteiger partial charge in [-0.15, -0.1) is 0 Å². The monoisotopic (exact) mass is 440 g/mol. The number of aromatic nitrogens is 3. The Morgan fingerprint density at radius 3 is 2.87 bits per heavy atom. The van der Waals surface area contributed by atoms with E-state index in [4.69, 9.17) is 9.47 Å². The quantitative estimate of drug-likeness (QED) is 0.435. The van der Waals surface area contributed by atoms with Crippen molar-refractivity contribution in [3.63, 3.8) is 0 Å². The van der Waals surface area contributed by atoms with Gasteiger partial charge in [0.1, 0.15) is 28.2 Å². The highest BCUT2D eigenvalue weighted by atomic mass is 32.1. The minimum atomic E-state index is -0.580. The number of methoxy groups -OCH3 is 1. The number of nitrogens with zero attached hydrogens (tertiary/aromatic N) is 3. The molecule has 2 heterocycles. The van der Waals surface area contributed by atoms with E-state index in [9.17, 15) is 9.18 Å². The Bertz CT molecular complexity index is 1250. The lowest BCUT2D eigenvalue weighted by molar-refractivity contribution is 0.155. The van der Waals surface area contributed by atoms with Crippen molar-refractivity contribution in [3.8, 4) is 16.3 Å². The molecular weight excluding hydrogens is 419 g/mol. The number of fused-ring (bicyclic) bond motifs is 1. The van der Waals surface area contributed by atoms with E-state index >= 15 is 0 Å². The van der Waals surface area contributed by atoms with Gasteiger partial charge in [0, 0.05) is 12.6 Å². The van der Waals surface area contributed by atoms with E-state index in [0.29, 0.717) is 27.0 Å². The molecule has 2 aromatic heterocycles. The number of benzene rings is 2. The van der Waals surface area contributed by atoms with Crippen LogP contribution in [-0.2, 0) is 17.9 Å². The highest BCUT2D eigenvalue weighted by Crippen LogP contribution is 2.37. The summed E-state index contributed by atoms with van der Waals surface area (Å²) in [5, 5.41) is 3.90. The number of halogens is 1. The fourth-order valence-electron chi connectivity index (χ4n) is 3.20. The summed E-state index contributed by atoms with van der Waals surface area (Å²) >= 11 is 1.27. The molecule has 0 atom stereocenters. The van der Waals surface area contributed by atoms with E-state index in [1.807, 2.05) is 22.8 Å². The Balaban J connectivity index is 1.43. The highest BCUT2D eigenvalue weighted by Gasteiger charge is 2.16. The fraction of sp³-hybridized carbons (Fsp3) is 0.227. The minimum absolute atomic E-state index is 0.122. The molecule has 0 spiro atoms. The molecule has 0 aliphatic carbocycles. The van der Waals surface area contributed by atoms with Gasteiger partial charge in [0.15, 0.2) is 0 Å².